The monoisotopic (exact) mass is 443 g/mol. The summed E-state index contributed by atoms with van der Waals surface area (Å²) in [4.78, 5) is 13.2. The normalized spacial score (nSPS) is 23.9. The maximum absolute atomic E-state index is 11.9. The van der Waals surface area contributed by atoms with E-state index >= 15 is 0 Å². The molecule has 6 heteroatoms. The molecule has 1 aliphatic carbocycles. The third-order valence-electron chi connectivity index (χ3n) is 2.96. The zero-order chi connectivity index (χ0) is 12.4. The van der Waals surface area contributed by atoms with Crippen LogP contribution in [0.25, 0.3) is 0 Å². The molecule has 0 aromatic carbocycles. The van der Waals surface area contributed by atoms with E-state index in [9.17, 15) is 4.79 Å². The summed E-state index contributed by atoms with van der Waals surface area (Å²) in [5, 5.41) is 3.01. The van der Waals surface area contributed by atoms with E-state index in [-0.39, 0.29) is 5.91 Å². The van der Waals surface area contributed by atoms with E-state index < -0.39 is 0 Å². The van der Waals surface area contributed by atoms with Gasteiger partial charge in [0, 0.05) is 15.8 Å². The SMILES string of the molecule is O=C(NCC1CCCC1Br)c1cc(Br)c(Br)s1. The topological polar surface area (TPSA) is 29.1 Å². The van der Waals surface area contributed by atoms with E-state index in [1.807, 2.05) is 6.07 Å². The van der Waals surface area contributed by atoms with Crippen molar-refractivity contribution in [3.63, 3.8) is 0 Å². The van der Waals surface area contributed by atoms with Crippen molar-refractivity contribution in [3.8, 4) is 0 Å². The molecule has 2 rings (SSSR count). The zero-order valence-corrected chi connectivity index (χ0v) is 14.6. The predicted molar refractivity (Wildman–Crippen MR) is 82.1 cm³/mol. The van der Waals surface area contributed by atoms with Gasteiger partial charge in [-0.25, -0.2) is 0 Å². The predicted octanol–water partition coefficient (Wildman–Crippen LogP) is 4.57. The van der Waals surface area contributed by atoms with Crippen molar-refractivity contribution in [2.75, 3.05) is 6.54 Å². The number of nitrogens with one attached hydrogen (secondary N) is 1. The largest absolute Gasteiger partial charge is 0.351 e. The minimum Gasteiger partial charge on any atom is -0.351 e. The fourth-order valence-corrected chi connectivity index (χ4v) is 4.72. The molecule has 1 aromatic heterocycles. The van der Waals surface area contributed by atoms with Crippen molar-refractivity contribution in [2.45, 2.75) is 24.1 Å². The first kappa shape index (κ1) is 14.0. The Bertz CT molecular complexity index is 401. The van der Waals surface area contributed by atoms with Gasteiger partial charge < -0.3 is 5.32 Å². The summed E-state index contributed by atoms with van der Waals surface area (Å²) in [5.74, 6) is 0.596. The van der Waals surface area contributed by atoms with Crippen molar-refractivity contribution in [3.05, 3.63) is 19.2 Å². The van der Waals surface area contributed by atoms with E-state index in [0.717, 1.165) is 19.7 Å². The summed E-state index contributed by atoms with van der Waals surface area (Å²) in [7, 11) is 0. The Morgan fingerprint density at radius 3 is 2.76 bits per heavy atom. The lowest BCUT2D eigenvalue weighted by atomic mass is 10.1. The number of thiophene rings is 1. The van der Waals surface area contributed by atoms with Crippen LogP contribution in [0.1, 0.15) is 28.9 Å². The molecular weight excluding hydrogens is 434 g/mol. The Kier molecular flexibility index (Phi) is 5.09. The molecule has 0 spiro atoms. The number of carbonyl (C=O) groups is 1. The molecule has 1 amide bonds. The molecule has 1 fully saturated rings. The van der Waals surface area contributed by atoms with Crippen molar-refractivity contribution in [1.82, 2.24) is 5.32 Å². The average Bonchev–Trinajstić information content (AvgIpc) is 2.83. The van der Waals surface area contributed by atoms with Crippen LogP contribution in [0.4, 0.5) is 0 Å². The Morgan fingerprint density at radius 2 is 2.24 bits per heavy atom. The fraction of sp³-hybridized carbons (Fsp3) is 0.545. The molecule has 0 radical (unpaired) electrons. The highest BCUT2D eigenvalue weighted by Crippen LogP contribution is 2.33. The highest BCUT2D eigenvalue weighted by Gasteiger charge is 2.25. The van der Waals surface area contributed by atoms with Crippen LogP contribution in [-0.2, 0) is 0 Å². The molecule has 0 saturated heterocycles. The third-order valence-corrected chi connectivity index (χ3v) is 7.42. The number of amides is 1. The lowest BCUT2D eigenvalue weighted by Gasteiger charge is -2.14. The summed E-state index contributed by atoms with van der Waals surface area (Å²) >= 11 is 11.9. The first-order valence-corrected chi connectivity index (χ1v) is 8.77. The first-order chi connectivity index (χ1) is 8.08. The Labute approximate surface area is 130 Å². The Hall–Kier alpha value is 0.610. The minimum absolute atomic E-state index is 0.0213. The number of hydrogen-bond donors (Lipinski definition) is 1. The molecule has 0 aliphatic heterocycles. The van der Waals surface area contributed by atoms with Gasteiger partial charge in [-0.05, 0) is 56.7 Å². The van der Waals surface area contributed by atoms with E-state index in [1.165, 1.54) is 30.6 Å². The van der Waals surface area contributed by atoms with Crippen LogP contribution in [0.2, 0.25) is 0 Å². The van der Waals surface area contributed by atoms with Gasteiger partial charge in [-0.15, -0.1) is 11.3 Å². The van der Waals surface area contributed by atoms with Crippen molar-refractivity contribution in [1.29, 1.82) is 0 Å². The van der Waals surface area contributed by atoms with Gasteiger partial charge in [0.15, 0.2) is 0 Å². The molecule has 2 atom stereocenters. The maximum Gasteiger partial charge on any atom is 0.261 e. The molecule has 1 aromatic rings. The summed E-state index contributed by atoms with van der Waals surface area (Å²) < 4.78 is 1.90. The van der Waals surface area contributed by atoms with E-state index in [2.05, 4.69) is 53.1 Å². The van der Waals surface area contributed by atoms with Crippen molar-refractivity contribution < 1.29 is 4.79 Å². The second-order valence-electron chi connectivity index (χ2n) is 4.15. The Balaban J connectivity index is 1.89. The zero-order valence-electron chi connectivity index (χ0n) is 9.01. The number of hydrogen-bond acceptors (Lipinski definition) is 2. The molecule has 1 aliphatic rings. The van der Waals surface area contributed by atoms with E-state index in [4.69, 9.17) is 0 Å². The summed E-state index contributed by atoms with van der Waals surface area (Å²) in [6.07, 6.45) is 3.68. The number of carbonyl (C=O) groups excluding carboxylic acids is 1. The molecule has 94 valence electrons. The van der Waals surface area contributed by atoms with Gasteiger partial charge in [0.2, 0.25) is 0 Å². The van der Waals surface area contributed by atoms with Gasteiger partial charge in [-0.2, -0.15) is 0 Å². The van der Waals surface area contributed by atoms with Gasteiger partial charge in [0.1, 0.15) is 0 Å². The number of halogens is 3. The van der Waals surface area contributed by atoms with Crippen LogP contribution in [0.3, 0.4) is 0 Å². The smallest absolute Gasteiger partial charge is 0.261 e. The lowest BCUT2D eigenvalue weighted by molar-refractivity contribution is 0.0952. The van der Waals surface area contributed by atoms with Gasteiger partial charge in [0.05, 0.1) is 8.66 Å². The quantitative estimate of drug-likeness (QED) is 0.678. The van der Waals surface area contributed by atoms with Crippen LogP contribution >= 0.6 is 59.1 Å². The maximum atomic E-state index is 11.9. The third kappa shape index (κ3) is 3.55. The highest BCUT2D eigenvalue weighted by molar-refractivity contribution is 9.13. The van der Waals surface area contributed by atoms with Crippen molar-refractivity contribution >= 4 is 65.0 Å². The van der Waals surface area contributed by atoms with Crippen LogP contribution in [-0.4, -0.2) is 17.3 Å². The number of rotatable bonds is 3. The van der Waals surface area contributed by atoms with Crippen LogP contribution < -0.4 is 5.32 Å². The minimum atomic E-state index is 0.0213. The van der Waals surface area contributed by atoms with Crippen LogP contribution in [0, 0.1) is 5.92 Å². The summed E-state index contributed by atoms with van der Waals surface area (Å²) in [6.45, 7) is 0.766. The first-order valence-electron chi connectivity index (χ1n) is 5.45. The van der Waals surface area contributed by atoms with Crippen LogP contribution in [0.5, 0.6) is 0 Å². The molecule has 17 heavy (non-hydrogen) atoms. The summed E-state index contributed by atoms with van der Waals surface area (Å²) in [6, 6.07) is 1.85. The van der Waals surface area contributed by atoms with Gasteiger partial charge >= 0.3 is 0 Å². The molecule has 1 heterocycles. The highest BCUT2D eigenvalue weighted by atomic mass is 79.9. The van der Waals surface area contributed by atoms with Gasteiger partial charge in [-0.1, -0.05) is 22.4 Å². The van der Waals surface area contributed by atoms with Crippen molar-refractivity contribution in [2.24, 2.45) is 5.92 Å². The molecule has 2 nitrogen and oxygen atoms in total. The van der Waals surface area contributed by atoms with E-state index in [0.29, 0.717) is 10.7 Å². The fourth-order valence-electron chi connectivity index (χ4n) is 1.99. The molecule has 1 N–H and O–H groups in total. The van der Waals surface area contributed by atoms with E-state index in [1.54, 1.807) is 0 Å². The molecular formula is C11H12Br3NOS. The van der Waals surface area contributed by atoms with Gasteiger partial charge in [-0.3, -0.25) is 4.79 Å². The lowest BCUT2D eigenvalue weighted by Crippen LogP contribution is -2.30. The van der Waals surface area contributed by atoms with Gasteiger partial charge in [0.25, 0.3) is 5.91 Å². The van der Waals surface area contributed by atoms with Crippen LogP contribution in [0.15, 0.2) is 14.3 Å². The standard InChI is InChI=1S/C11H12Br3NOS/c12-7-3-1-2-6(7)5-15-11(16)9-4-8(13)10(14)17-9/h4,6-7H,1-3,5H2,(H,15,16). The average molecular weight is 446 g/mol. The molecule has 2 unspecified atom stereocenters. The Morgan fingerprint density at radius 1 is 1.47 bits per heavy atom. The molecule has 0 bridgehead atoms. The molecule has 1 saturated carbocycles. The second-order valence-corrected chi connectivity index (χ2v) is 8.55. The second kappa shape index (κ2) is 6.17. The summed E-state index contributed by atoms with van der Waals surface area (Å²) in [5.41, 5.74) is 0. The number of alkyl halides is 1.